The molecule has 9 heteroatoms. The van der Waals surface area contributed by atoms with E-state index in [1.54, 1.807) is 36.0 Å². The standard InChI is InChI=1S/C19H25FN4O2S.HI/c1-3-21-19(23-9-8-22-18(25)17-5-4-10-26-17)24-12-14-6-7-16(20)11-15(14)13-27-2;/h4-7,10-11H,3,8-9,12-13H2,1-2H3,(H,22,25)(H2,21,23,24);1H. The number of amides is 1. The number of halogens is 2. The lowest BCUT2D eigenvalue weighted by molar-refractivity contribution is 0.0926. The monoisotopic (exact) mass is 520 g/mol. The van der Waals surface area contributed by atoms with E-state index in [2.05, 4.69) is 20.9 Å². The molecule has 0 radical (unpaired) electrons. The zero-order valence-electron chi connectivity index (χ0n) is 16.0. The molecule has 0 saturated carbocycles. The maximum Gasteiger partial charge on any atom is 0.287 e. The molecule has 0 bridgehead atoms. The van der Waals surface area contributed by atoms with E-state index in [-0.39, 0.29) is 41.5 Å². The van der Waals surface area contributed by atoms with Crippen LogP contribution in [-0.4, -0.2) is 37.8 Å². The van der Waals surface area contributed by atoms with Crippen LogP contribution in [0.1, 0.15) is 28.6 Å². The number of rotatable bonds is 9. The van der Waals surface area contributed by atoms with Gasteiger partial charge in [0.05, 0.1) is 12.8 Å². The summed E-state index contributed by atoms with van der Waals surface area (Å²) < 4.78 is 18.5. The fourth-order valence-corrected chi connectivity index (χ4v) is 2.98. The summed E-state index contributed by atoms with van der Waals surface area (Å²) in [4.78, 5) is 16.4. The first-order chi connectivity index (χ1) is 13.1. The third-order valence-corrected chi connectivity index (χ3v) is 4.27. The van der Waals surface area contributed by atoms with Gasteiger partial charge in [0.1, 0.15) is 5.82 Å². The average Bonchev–Trinajstić information content (AvgIpc) is 3.19. The van der Waals surface area contributed by atoms with E-state index in [0.717, 1.165) is 16.9 Å². The molecule has 28 heavy (non-hydrogen) atoms. The molecule has 6 nitrogen and oxygen atoms in total. The van der Waals surface area contributed by atoms with E-state index >= 15 is 0 Å². The number of guanidine groups is 1. The van der Waals surface area contributed by atoms with Crippen LogP contribution in [0.5, 0.6) is 0 Å². The Morgan fingerprint density at radius 3 is 2.64 bits per heavy atom. The smallest absolute Gasteiger partial charge is 0.287 e. The lowest BCUT2D eigenvalue weighted by atomic mass is 10.1. The summed E-state index contributed by atoms with van der Waals surface area (Å²) >= 11 is 1.65. The Bertz CT molecular complexity index is 756. The molecule has 0 fully saturated rings. The first kappa shape index (κ1) is 24.3. The fraction of sp³-hybridized carbons (Fsp3) is 0.368. The van der Waals surface area contributed by atoms with Crippen LogP contribution in [0, 0.1) is 5.82 Å². The number of furan rings is 1. The van der Waals surface area contributed by atoms with Gasteiger partial charge in [-0.05, 0) is 48.6 Å². The van der Waals surface area contributed by atoms with Gasteiger partial charge in [0.15, 0.2) is 11.7 Å². The highest BCUT2D eigenvalue weighted by molar-refractivity contribution is 14.0. The Hall–Kier alpha value is -1.75. The van der Waals surface area contributed by atoms with E-state index in [1.165, 1.54) is 12.3 Å². The largest absolute Gasteiger partial charge is 0.459 e. The molecule has 0 aliphatic rings. The highest BCUT2D eigenvalue weighted by atomic mass is 127. The molecule has 2 rings (SSSR count). The second kappa shape index (κ2) is 13.4. The third-order valence-electron chi connectivity index (χ3n) is 3.67. The van der Waals surface area contributed by atoms with E-state index in [9.17, 15) is 9.18 Å². The van der Waals surface area contributed by atoms with Gasteiger partial charge in [0.2, 0.25) is 0 Å². The van der Waals surface area contributed by atoms with E-state index in [1.807, 2.05) is 13.2 Å². The minimum atomic E-state index is -0.253. The van der Waals surface area contributed by atoms with Crippen LogP contribution >= 0.6 is 35.7 Å². The topological polar surface area (TPSA) is 78.7 Å². The Labute approximate surface area is 186 Å². The molecule has 0 unspecified atom stereocenters. The number of thioether (sulfide) groups is 1. The number of aliphatic imine (C=N–C) groups is 1. The van der Waals surface area contributed by atoms with E-state index in [4.69, 9.17) is 4.42 Å². The van der Waals surface area contributed by atoms with Gasteiger partial charge in [-0.2, -0.15) is 11.8 Å². The van der Waals surface area contributed by atoms with Gasteiger partial charge in [-0.25, -0.2) is 9.38 Å². The molecule has 0 spiro atoms. The van der Waals surface area contributed by atoms with Crippen LogP contribution in [-0.2, 0) is 12.3 Å². The van der Waals surface area contributed by atoms with Gasteiger partial charge in [-0.15, -0.1) is 24.0 Å². The van der Waals surface area contributed by atoms with Gasteiger partial charge in [-0.1, -0.05) is 6.07 Å². The van der Waals surface area contributed by atoms with Crippen molar-refractivity contribution >= 4 is 47.6 Å². The Kier molecular flexibility index (Phi) is 11.7. The number of carbonyl (C=O) groups excluding carboxylic acids is 1. The van der Waals surface area contributed by atoms with Crippen molar-refractivity contribution in [3.05, 3.63) is 59.3 Å². The molecule has 1 aromatic heterocycles. The molecule has 1 amide bonds. The minimum Gasteiger partial charge on any atom is -0.459 e. The number of nitrogens with one attached hydrogen (secondary N) is 3. The summed E-state index contributed by atoms with van der Waals surface area (Å²) in [6.07, 6.45) is 3.45. The van der Waals surface area contributed by atoms with Gasteiger partial charge in [-0.3, -0.25) is 4.79 Å². The molecule has 0 saturated heterocycles. The highest BCUT2D eigenvalue weighted by Crippen LogP contribution is 2.17. The summed E-state index contributed by atoms with van der Waals surface area (Å²) in [5.74, 6) is 1.18. The summed E-state index contributed by atoms with van der Waals surface area (Å²) in [6.45, 7) is 4.08. The van der Waals surface area contributed by atoms with Crippen LogP contribution < -0.4 is 16.0 Å². The van der Waals surface area contributed by atoms with E-state index < -0.39 is 0 Å². The van der Waals surface area contributed by atoms with Crippen molar-refractivity contribution in [2.24, 2.45) is 4.99 Å². The first-order valence-electron chi connectivity index (χ1n) is 8.74. The van der Waals surface area contributed by atoms with Gasteiger partial charge in [0.25, 0.3) is 5.91 Å². The minimum absolute atomic E-state index is 0. The Morgan fingerprint density at radius 2 is 1.96 bits per heavy atom. The molecule has 0 aliphatic carbocycles. The van der Waals surface area contributed by atoms with Crippen LogP contribution in [0.15, 0.2) is 46.0 Å². The van der Waals surface area contributed by atoms with Crippen molar-refractivity contribution in [3.63, 3.8) is 0 Å². The first-order valence-corrected chi connectivity index (χ1v) is 10.1. The van der Waals surface area contributed by atoms with Crippen LogP contribution in [0.4, 0.5) is 4.39 Å². The molecule has 3 N–H and O–H groups in total. The molecule has 1 heterocycles. The van der Waals surface area contributed by atoms with Crippen molar-refractivity contribution in [2.75, 3.05) is 25.9 Å². The van der Waals surface area contributed by atoms with Crippen molar-refractivity contribution in [1.29, 1.82) is 0 Å². The van der Waals surface area contributed by atoms with Crippen LogP contribution in [0.2, 0.25) is 0 Å². The lowest BCUT2D eigenvalue weighted by Crippen LogP contribution is -2.41. The molecule has 0 atom stereocenters. The number of carbonyl (C=O) groups is 1. The van der Waals surface area contributed by atoms with Gasteiger partial charge < -0.3 is 20.4 Å². The quantitative estimate of drug-likeness (QED) is 0.205. The predicted molar refractivity (Wildman–Crippen MR) is 123 cm³/mol. The maximum atomic E-state index is 13.5. The fourth-order valence-electron chi connectivity index (χ4n) is 2.40. The van der Waals surface area contributed by atoms with Crippen molar-refractivity contribution in [2.45, 2.75) is 19.2 Å². The second-order valence-electron chi connectivity index (χ2n) is 5.70. The average molecular weight is 520 g/mol. The number of hydrogen-bond acceptors (Lipinski definition) is 4. The Morgan fingerprint density at radius 1 is 1.18 bits per heavy atom. The molecule has 0 aliphatic heterocycles. The SMILES string of the molecule is CCNC(=NCc1ccc(F)cc1CSC)NCCNC(=O)c1ccco1.I. The van der Waals surface area contributed by atoms with Gasteiger partial charge >= 0.3 is 0 Å². The van der Waals surface area contributed by atoms with Crippen LogP contribution in [0.25, 0.3) is 0 Å². The normalized spacial score (nSPS) is 10.9. The second-order valence-corrected chi connectivity index (χ2v) is 6.57. The van der Waals surface area contributed by atoms with E-state index in [0.29, 0.717) is 32.1 Å². The Balaban J connectivity index is 0.00000392. The lowest BCUT2D eigenvalue weighted by Gasteiger charge is -2.12. The van der Waals surface area contributed by atoms with Crippen molar-refractivity contribution < 1.29 is 13.6 Å². The molecule has 1 aromatic carbocycles. The maximum absolute atomic E-state index is 13.5. The summed E-state index contributed by atoms with van der Waals surface area (Å²) in [7, 11) is 0. The highest BCUT2D eigenvalue weighted by Gasteiger charge is 2.07. The van der Waals surface area contributed by atoms with Crippen molar-refractivity contribution in [1.82, 2.24) is 16.0 Å². The molecular weight excluding hydrogens is 494 g/mol. The van der Waals surface area contributed by atoms with Crippen molar-refractivity contribution in [3.8, 4) is 0 Å². The molecule has 154 valence electrons. The van der Waals surface area contributed by atoms with Gasteiger partial charge in [0, 0.05) is 25.4 Å². The molecule has 2 aromatic rings. The number of hydrogen-bond donors (Lipinski definition) is 3. The van der Waals surface area contributed by atoms with Crippen LogP contribution in [0.3, 0.4) is 0 Å². The number of nitrogens with zero attached hydrogens (tertiary/aromatic N) is 1. The predicted octanol–water partition coefficient (Wildman–Crippen LogP) is 3.38. The zero-order valence-corrected chi connectivity index (χ0v) is 19.1. The third kappa shape index (κ3) is 8.09. The molecular formula is C19H26FIN4O2S. The summed E-state index contributed by atoms with van der Waals surface area (Å²) in [5.41, 5.74) is 1.95. The summed E-state index contributed by atoms with van der Waals surface area (Å²) in [5, 5.41) is 9.09. The number of benzene rings is 1. The zero-order chi connectivity index (χ0) is 19.5. The summed E-state index contributed by atoms with van der Waals surface area (Å²) in [6, 6.07) is 8.08.